The number of fused-ring (bicyclic) bond motifs is 1. The topological polar surface area (TPSA) is 84.6 Å². The van der Waals surface area contributed by atoms with Gasteiger partial charge < -0.3 is 20.3 Å². The summed E-state index contributed by atoms with van der Waals surface area (Å²) in [5, 5.41) is 9.91. The van der Waals surface area contributed by atoms with Crippen LogP contribution in [0.15, 0.2) is 36.5 Å². The van der Waals surface area contributed by atoms with Crippen molar-refractivity contribution < 1.29 is 9.50 Å². The number of aliphatic hydroxyl groups is 1. The van der Waals surface area contributed by atoms with Crippen molar-refractivity contribution in [1.29, 1.82) is 0 Å². The summed E-state index contributed by atoms with van der Waals surface area (Å²) in [5.41, 5.74) is 8.59. The van der Waals surface area contributed by atoms with Gasteiger partial charge in [-0.15, -0.1) is 0 Å². The Morgan fingerprint density at radius 1 is 1.33 bits per heavy atom. The predicted octanol–water partition coefficient (Wildman–Crippen LogP) is 2.07. The Morgan fingerprint density at radius 2 is 2.19 bits per heavy atom. The average molecular weight is 366 g/mol. The molecule has 2 atom stereocenters. The highest BCUT2D eigenvalue weighted by molar-refractivity contribution is 5.79. The molecule has 1 aliphatic rings. The van der Waals surface area contributed by atoms with Crippen molar-refractivity contribution in [3.8, 4) is 0 Å². The van der Waals surface area contributed by atoms with Gasteiger partial charge in [-0.2, -0.15) is 0 Å². The lowest BCUT2D eigenvalue weighted by atomic mass is 10.0. The number of anilines is 1. The average Bonchev–Trinajstić information content (AvgIpc) is 3.02. The largest absolute Gasteiger partial charge is 0.391 e. The molecule has 1 aliphatic heterocycles. The Balaban J connectivity index is 1.76. The maximum absolute atomic E-state index is 13.9. The van der Waals surface area contributed by atoms with Crippen molar-refractivity contribution in [2.75, 3.05) is 18.0 Å². The number of nitrogens with zero attached hydrogens (tertiary/aromatic N) is 5. The van der Waals surface area contributed by atoms with E-state index in [0.717, 1.165) is 5.69 Å². The first-order valence-electron chi connectivity index (χ1n) is 8.72. The predicted molar refractivity (Wildman–Crippen MR) is 100 cm³/mol. The lowest BCUT2D eigenvalue weighted by Gasteiger charge is -2.35. The van der Waals surface area contributed by atoms with Crippen molar-refractivity contribution in [1.82, 2.24) is 14.5 Å². The molecule has 0 aliphatic carbocycles. The third-order valence-electron chi connectivity index (χ3n) is 4.85. The van der Waals surface area contributed by atoms with Gasteiger partial charge in [-0.25, -0.2) is 14.2 Å². The SMILES string of the molecule is [C-]#[N+]c1ccc(Cn2c(N3CC[C@@H](O)[C@H](N)C3)nc3ccc(F)cc32)nc1. The summed E-state index contributed by atoms with van der Waals surface area (Å²) in [7, 11) is 0. The van der Waals surface area contributed by atoms with E-state index in [-0.39, 0.29) is 11.9 Å². The van der Waals surface area contributed by atoms with Crippen molar-refractivity contribution in [2.45, 2.75) is 25.1 Å². The number of imidazole rings is 1. The Morgan fingerprint density at radius 3 is 2.89 bits per heavy atom. The molecule has 0 bridgehead atoms. The molecule has 0 saturated carbocycles. The van der Waals surface area contributed by atoms with Crippen molar-refractivity contribution in [3.05, 3.63) is 59.5 Å². The van der Waals surface area contributed by atoms with E-state index in [1.165, 1.54) is 18.3 Å². The lowest BCUT2D eigenvalue weighted by Crippen LogP contribution is -2.52. The molecule has 7 nitrogen and oxygen atoms in total. The van der Waals surface area contributed by atoms with Gasteiger partial charge in [0.05, 0.1) is 35.9 Å². The molecular formula is C19H19FN6O. The van der Waals surface area contributed by atoms with Gasteiger partial charge >= 0.3 is 0 Å². The van der Waals surface area contributed by atoms with Gasteiger partial charge in [0.2, 0.25) is 11.6 Å². The third kappa shape index (κ3) is 3.35. The Kier molecular flexibility index (Phi) is 4.48. The van der Waals surface area contributed by atoms with Crippen LogP contribution in [0.4, 0.5) is 16.0 Å². The number of nitrogens with two attached hydrogens (primary N) is 1. The molecule has 1 saturated heterocycles. The van der Waals surface area contributed by atoms with E-state index in [4.69, 9.17) is 12.3 Å². The van der Waals surface area contributed by atoms with Crippen LogP contribution in [-0.2, 0) is 6.54 Å². The van der Waals surface area contributed by atoms with Gasteiger partial charge in [0.15, 0.2) is 0 Å². The highest BCUT2D eigenvalue weighted by atomic mass is 19.1. The van der Waals surface area contributed by atoms with Gasteiger partial charge in [0.25, 0.3) is 0 Å². The van der Waals surface area contributed by atoms with E-state index < -0.39 is 6.10 Å². The highest BCUT2D eigenvalue weighted by Gasteiger charge is 2.28. The van der Waals surface area contributed by atoms with Crippen LogP contribution >= 0.6 is 0 Å². The molecule has 2 aromatic heterocycles. The number of hydrogen-bond donors (Lipinski definition) is 2. The first kappa shape index (κ1) is 17.4. The molecule has 0 radical (unpaired) electrons. The molecule has 3 N–H and O–H groups in total. The zero-order valence-electron chi connectivity index (χ0n) is 14.6. The van der Waals surface area contributed by atoms with E-state index in [1.807, 2.05) is 9.47 Å². The number of hydrogen-bond acceptors (Lipinski definition) is 5. The summed E-state index contributed by atoms with van der Waals surface area (Å²) in [6.45, 7) is 8.51. The highest BCUT2D eigenvalue weighted by Crippen LogP contribution is 2.27. The molecular weight excluding hydrogens is 347 g/mol. The fourth-order valence-corrected chi connectivity index (χ4v) is 3.37. The number of aliphatic hydroxyl groups excluding tert-OH is 1. The van der Waals surface area contributed by atoms with E-state index in [2.05, 4.69) is 14.8 Å². The van der Waals surface area contributed by atoms with Gasteiger partial charge in [0, 0.05) is 25.3 Å². The number of halogens is 1. The number of pyridine rings is 1. The molecule has 0 unspecified atom stereocenters. The lowest BCUT2D eigenvalue weighted by molar-refractivity contribution is 0.124. The maximum atomic E-state index is 13.9. The van der Waals surface area contributed by atoms with E-state index in [9.17, 15) is 9.50 Å². The molecule has 27 heavy (non-hydrogen) atoms. The van der Waals surface area contributed by atoms with Gasteiger partial charge in [0.1, 0.15) is 5.82 Å². The van der Waals surface area contributed by atoms with Gasteiger partial charge in [-0.05, 0) is 30.7 Å². The fourth-order valence-electron chi connectivity index (χ4n) is 3.37. The summed E-state index contributed by atoms with van der Waals surface area (Å²) in [4.78, 5) is 14.4. The summed E-state index contributed by atoms with van der Waals surface area (Å²) >= 11 is 0. The van der Waals surface area contributed by atoms with E-state index in [0.29, 0.717) is 48.7 Å². The minimum atomic E-state index is -0.528. The Bertz CT molecular complexity index is 1010. The standard InChI is InChI=1S/C19H19FN6O/c1-22-13-3-4-14(23-9-13)10-26-17-8-12(20)2-5-16(17)24-19(26)25-7-6-18(27)15(21)11-25/h2-5,8-9,15,18,27H,6-7,10-11,21H2/t15-,18-/m1/s1. The molecule has 1 fully saturated rings. The van der Waals surface area contributed by atoms with Crippen LogP contribution in [0.5, 0.6) is 0 Å². The summed E-state index contributed by atoms with van der Waals surface area (Å²) in [5.74, 6) is 0.339. The molecule has 1 aromatic carbocycles. The second-order valence-electron chi connectivity index (χ2n) is 6.72. The molecule has 0 amide bonds. The van der Waals surface area contributed by atoms with Gasteiger partial charge in [-0.1, -0.05) is 6.07 Å². The normalized spacial score (nSPS) is 20.0. The Labute approximate surface area is 155 Å². The molecule has 4 rings (SSSR count). The second kappa shape index (κ2) is 6.95. The number of aromatic nitrogens is 3. The van der Waals surface area contributed by atoms with Crippen LogP contribution in [0.25, 0.3) is 15.9 Å². The van der Waals surface area contributed by atoms with E-state index in [1.54, 1.807) is 18.2 Å². The number of benzene rings is 1. The van der Waals surface area contributed by atoms with Crippen LogP contribution in [0.1, 0.15) is 12.1 Å². The summed E-state index contributed by atoms with van der Waals surface area (Å²) in [6, 6.07) is 7.63. The second-order valence-corrected chi connectivity index (χ2v) is 6.72. The number of rotatable bonds is 3. The van der Waals surface area contributed by atoms with Crippen LogP contribution in [0, 0.1) is 12.4 Å². The zero-order valence-corrected chi connectivity index (χ0v) is 14.6. The van der Waals surface area contributed by atoms with E-state index >= 15 is 0 Å². The molecule has 8 heteroatoms. The molecule has 138 valence electrons. The zero-order chi connectivity index (χ0) is 19.0. The molecule has 3 heterocycles. The minimum absolute atomic E-state index is 0.336. The first-order chi connectivity index (χ1) is 13.0. The third-order valence-corrected chi connectivity index (χ3v) is 4.85. The minimum Gasteiger partial charge on any atom is -0.391 e. The monoisotopic (exact) mass is 366 g/mol. The van der Waals surface area contributed by atoms with Crippen LogP contribution in [-0.4, -0.2) is 44.9 Å². The smallest absolute Gasteiger partial charge is 0.206 e. The summed E-state index contributed by atoms with van der Waals surface area (Å²) in [6.07, 6.45) is 1.55. The van der Waals surface area contributed by atoms with Crippen LogP contribution < -0.4 is 10.6 Å². The van der Waals surface area contributed by atoms with Crippen molar-refractivity contribution >= 4 is 22.7 Å². The first-order valence-corrected chi connectivity index (χ1v) is 8.72. The van der Waals surface area contributed by atoms with Crippen molar-refractivity contribution in [2.24, 2.45) is 5.73 Å². The van der Waals surface area contributed by atoms with Gasteiger partial charge in [-0.3, -0.25) is 4.98 Å². The fraction of sp³-hybridized carbons (Fsp3) is 0.316. The molecule has 3 aromatic rings. The maximum Gasteiger partial charge on any atom is 0.206 e. The number of piperidine rings is 1. The Hall–Kier alpha value is -3.02. The summed E-state index contributed by atoms with van der Waals surface area (Å²) < 4.78 is 15.8. The quantitative estimate of drug-likeness (QED) is 0.693. The van der Waals surface area contributed by atoms with Crippen molar-refractivity contribution in [3.63, 3.8) is 0 Å². The van der Waals surface area contributed by atoms with Crippen LogP contribution in [0.2, 0.25) is 0 Å². The molecule has 0 spiro atoms. The van der Waals surface area contributed by atoms with Crippen LogP contribution in [0.3, 0.4) is 0 Å².